The van der Waals surface area contributed by atoms with Crippen LogP contribution in [0, 0.1) is 0 Å². The zero-order chi connectivity index (χ0) is 20.2. The van der Waals surface area contributed by atoms with Crippen molar-refractivity contribution in [2.45, 2.75) is 25.3 Å². The molecule has 0 unspecified atom stereocenters. The van der Waals surface area contributed by atoms with Crippen molar-refractivity contribution in [2.24, 2.45) is 0 Å². The van der Waals surface area contributed by atoms with Crippen LogP contribution in [0.5, 0.6) is 5.75 Å². The summed E-state index contributed by atoms with van der Waals surface area (Å²) in [5, 5.41) is 0. The molecular weight excluding hydrogens is 364 g/mol. The van der Waals surface area contributed by atoms with Gasteiger partial charge in [0.2, 0.25) is 5.95 Å². The standard InChI is InChI=1S/C23H24N4O2/c1-29-18-11-7-10-17(14-18)19-15-25-23(24)26-21(19)20-12-5-6-13-27(20)22(28)16-8-3-2-4-9-16/h2-4,7-11,14-15,20H,5-6,12-13H2,1H3,(H2,24,25,26)/t20-/m0/s1. The molecule has 3 aromatic rings. The number of nitrogens with zero attached hydrogens (tertiary/aromatic N) is 3. The third-order valence-electron chi connectivity index (χ3n) is 5.32. The Labute approximate surface area is 170 Å². The van der Waals surface area contributed by atoms with E-state index in [4.69, 9.17) is 10.5 Å². The van der Waals surface area contributed by atoms with Gasteiger partial charge in [-0.2, -0.15) is 0 Å². The minimum Gasteiger partial charge on any atom is -0.497 e. The number of likely N-dealkylation sites (tertiary alicyclic amines) is 1. The zero-order valence-corrected chi connectivity index (χ0v) is 16.4. The number of piperidine rings is 1. The lowest BCUT2D eigenvalue weighted by atomic mass is 9.93. The summed E-state index contributed by atoms with van der Waals surface area (Å²) in [5.41, 5.74) is 9.23. The number of amides is 1. The van der Waals surface area contributed by atoms with Gasteiger partial charge in [-0.1, -0.05) is 30.3 Å². The summed E-state index contributed by atoms with van der Waals surface area (Å²) in [7, 11) is 1.64. The molecule has 1 aromatic heterocycles. The maximum Gasteiger partial charge on any atom is 0.254 e. The molecule has 1 aliphatic rings. The summed E-state index contributed by atoms with van der Waals surface area (Å²) >= 11 is 0. The van der Waals surface area contributed by atoms with Crippen molar-refractivity contribution in [1.82, 2.24) is 14.9 Å². The number of nitrogens with two attached hydrogens (primary N) is 1. The Morgan fingerprint density at radius 1 is 1.14 bits per heavy atom. The van der Waals surface area contributed by atoms with Crippen molar-refractivity contribution in [3.05, 3.63) is 72.1 Å². The molecule has 6 heteroatoms. The van der Waals surface area contributed by atoms with E-state index in [-0.39, 0.29) is 17.9 Å². The number of benzene rings is 2. The molecule has 1 atom stereocenters. The molecule has 0 saturated carbocycles. The van der Waals surface area contributed by atoms with Gasteiger partial charge in [0.1, 0.15) is 5.75 Å². The monoisotopic (exact) mass is 388 g/mol. The third kappa shape index (κ3) is 3.92. The van der Waals surface area contributed by atoms with E-state index < -0.39 is 0 Å². The quantitative estimate of drug-likeness (QED) is 0.728. The predicted octanol–water partition coefficient (Wildman–Crippen LogP) is 4.10. The lowest BCUT2D eigenvalue weighted by Crippen LogP contribution is -2.39. The first-order chi connectivity index (χ1) is 14.2. The van der Waals surface area contributed by atoms with Crippen LogP contribution in [0.2, 0.25) is 0 Å². The molecule has 2 heterocycles. The lowest BCUT2D eigenvalue weighted by molar-refractivity contribution is 0.0607. The summed E-state index contributed by atoms with van der Waals surface area (Å²) in [6.07, 6.45) is 4.59. The molecule has 0 radical (unpaired) electrons. The van der Waals surface area contributed by atoms with Crippen molar-refractivity contribution >= 4 is 11.9 Å². The number of carbonyl (C=O) groups is 1. The fourth-order valence-corrected chi connectivity index (χ4v) is 3.88. The number of ether oxygens (including phenoxy) is 1. The number of hydrogen-bond donors (Lipinski definition) is 1. The van der Waals surface area contributed by atoms with Gasteiger partial charge in [-0.05, 0) is 49.1 Å². The minimum absolute atomic E-state index is 0.0177. The van der Waals surface area contributed by atoms with Gasteiger partial charge in [0.05, 0.1) is 18.8 Å². The van der Waals surface area contributed by atoms with Crippen molar-refractivity contribution < 1.29 is 9.53 Å². The molecule has 2 N–H and O–H groups in total. The van der Waals surface area contributed by atoms with Gasteiger partial charge >= 0.3 is 0 Å². The number of aromatic nitrogens is 2. The molecule has 1 saturated heterocycles. The maximum absolute atomic E-state index is 13.2. The molecule has 148 valence electrons. The highest BCUT2D eigenvalue weighted by Crippen LogP contribution is 2.37. The normalized spacial score (nSPS) is 16.4. The molecule has 29 heavy (non-hydrogen) atoms. The lowest BCUT2D eigenvalue weighted by Gasteiger charge is -2.36. The molecule has 4 rings (SSSR count). The Morgan fingerprint density at radius 2 is 1.97 bits per heavy atom. The average molecular weight is 388 g/mol. The predicted molar refractivity (Wildman–Crippen MR) is 113 cm³/mol. The molecule has 1 amide bonds. The molecular formula is C23H24N4O2. The Hall–Kier alpha value is -3.41. The van der Waals surface area contributed by atoms with Gasteiger partial charge in [-0.25, -0.2) is 9.97 Å². The first-order valence-corrected chi connectivity index (χ1v) is 9.80. The smallest absolute Gasteiger partial charge is 0.254 e. The second-order valence-electron chi connectivity index (χ2n) is 7.14. The third-order valence-corrected chi connectivity index (χ3v) is 5.32. The number of methoxy groups -OCH3 is 1. The van der Waals surface area contributed by atoms with Gasteiger partial charge in [0.15, 0.2) is 0 Å². The molecule has 0 bridgehead atoms. The maximum atomic E-state index is 13.2. The van der Waals surface area contributed by atoms with Crippen LogP contribution in [-0.4, -0.2) is 34.4 Å². The minimum atomic E-state index is -0.150. The number of hydrogen-bond acceptors (Lipinski definition) is 5. The number of carbonyl (C=O) groups excluding carboxylic acids is 1. The Balaban J connectivity index is 1.77. The second-order valence-corrected chi connectivity index (χ2v) is 7.14. The Kier molecular flexibility index (Phi) is 5.42. The van der Waals surface area contributed by atoms with E-state index in [1.54, 1.807) is 13.3 Å². The van der Waals surface area contributed by atoms with Crippen molar-refractivity contribution in [3.63, 3.8) is 0 Å². The summed E-state index contributed by atoms with van der Waals surface area (Å²) in [6, 6.07) is 17.0. The topological polar surface area (TPSA) is 81.3 Å². The van der Waals surface area contributed by atoms with Crippen LogP contribution in [0.4, 0.5) is 5.95 Å². The largest absolute Gasteiger partial charge is 0.497 e. The highest BCUT2D eigenvalue weighted by molar-refractivity contribution is 5.94. The van der Waals surface area contributed by atoms with Gasteiger partial charge in [-0.15, -0.1) is 0 Å². The average Bonchev–Trinajstić information content (AvgIpc) is 2.79. The van der Waals surface area contributed by atoms with Crippen LogP contribution in [0.3, 0.4) is 0 Å². The van der Waals surface area contributed by atoms with Gasteiger partial charge in [0, 0.05) is 23.9 Å². The summed E-state index contributed by atoms with van der Waals surface area (Å²) < 4.78 is 5.37. The fourth-order valence-electron chi connectivity index (χ4n) is 3.88. The molecule has 1 aliphatic heterocycles. The highest BCUT2D eigenvalue weighted by atomic mass is 16.5. The van der Waals surface area contributed by atoms with E-state index in [0.29, 0.717) is 12.1 Å². The first kappa shape index (κ1) is 18.9. The van der Waals surface area contributed by atoms with Gasteiger partial charge in [0.25, 0.3) is 5.91 Å². The van der Waals surface area contributed by atoms with Crippen LogP contribution in [0.1, 0.15) is 41.4 Å². The van der Waals surface area contributed by atoms with E-state index in [2.05, 4.69) is 9.97 Å². The number of nitrogen functional groups attached to an aromatic ring is 1. The van der Waals surface area contributed by atoms with Crippen LogP contribution in [0.25, 0.3) is 11.1 Å². The van der Waals surface area contributed by atoms with E-state index in [1.807, 2.05) is 59.5 Å². The number of anilines is 1. The molecule has 1 fully saturated rings. The molecule has 0 spiro atoms. The summed E-state index contributed by atoms with van der Waals surface area (Å²) in [5.74, 6) is 0.986. The van der Waals surface area contributed by atoms with E-state index in [1.165, 1.54) is 0 Å². The molecule has 6 nitrogen and oxygen atoms in total. The van der Waals surface area contributed by atoms with Crippen molar-refractivity contribution in [3.8, 4) is 16.9 Å². The first-order valence-electron chi connectivity index (χ1n) is 9.80. The molecule has 0 aliphatic carbocycles. The van der Waals surface area contributed by atoms with Gasteiger partial charge < -0.3 is 15.4 Å². The van der Waals surface area contributed by atoms with E-state index in [0.717, 1.165) is 41.8 Å². The number of rotatable bonds is 4. The van der Waals surface area contributed by atoms with E-state index in [9.17, 15) is 4.79 Å². The van der Waals surface area contributed by atoms with Crippen LogP contribution in [0.15, 0.2) is 60.8 Å². The van der Waals surface area contributed by atoms with Crippen LogP contribution in [-0.2, 0) is 0 Å². The zero-order valence-electron chi connectivity index (χ0n) is 16.4. The van der Waals surface area contributed by atoms with Crippen LogP contribution < -0.4 is 10.5 Å². The summed E-state index contributed by atoms with van der Waals surface area (Å²) in [6.45, 7) is 0.694. The van der Waals surface area contributed by atoms with Crippen molar-refractivity contribution in [2.75, 3.05) is 19.4 Å². The van der Waals surface area contributed by atoms with Crippen molar-refractivity contribution in [1.29, 1.82) is 0 Å². The second kappa shape index (κ2) is 8.31. The van der Waals surface area contributed by atoms with Crippen LogP contribution >= 0.6 is 0 Å². The Morgan fingerprint density at radius 3 is 2.76 bits per heavy atom. The SMILES string of the molecule is COc1cccc(-c2cnc(N)nc2[C@@H]2CCCCN2C(=O)c2ccccc2)c1. The highest BCUT2D eigenvalue weighted by Gasteiger charge is 2.31. The van der Waals surface area contributed by atoms with Gasteiger partial charge in [-0.3, -0.25) is 4.79 Å². The summed E-state index contributed by atoms with van der Waals surface area (Å²) in [4.78, 5) is 24.0. The van der Waals surface area contributed by atoms with E-state index >= 15 is 0 Å². The molecule has 2 aromatic carbocycles. The Bertz CT molecular complexity index is 1010. The fraction of sp³-hybridized carbons (Fsp3) is 0.261.